The Kier molecular flexibility index (Phi) is 6.55. The van der Waals surface area contributed by atoms with Crippen molar-refractivity contribution >= 4 is 12.4 Å². The maximum Gasteiger partial charge on any atom is 0.147 e. The lowest BCUT2D eigenvalue weighted by molar-refractivity contribution is 0.245. The molecule has 6 heteroatoms. The van der Waals surface area contributed by atoms with E-state index in [9.17, 15) is 0 Å². The van der Waals surface area contributed by atoms with Crippen LogP contribution in [0.4, 0.5) is 0 Å². The Bertz CT molecular complexity index is 312. The molecule has 0 bridgehead atoms. The highest BCUT2D eigenvalue weighted by molar-refractivity contribution is 5.85. The molecule has 0 aliphatic heterocycles. The number of aromatic nitrogens is 3. The van der Waals surface area contributed by atoms with Crippen LogP contribution in [0.5, 0.6) is 0 Å². The van der Waals surface area contributed by atoms with Gasteiger partial charge in [-0.2, -0.15) is 0 Å². The highest BCUT2D eigenvalue weighted by atomic mass is 35.5. The van der Waals surface area contributed by atoms with Crippen molar-refractivity contribution in [3.8, 4) is 0 Å². The Morgan fingerprint density at radius 1 is 1.44 bits per heavy atom. The molecule has 0 aliphatic carbocycles. The highest BCUT2D eigenvalue weighted by Crippen LogP contribution is 2.05. The molecule has 16 heavy (non-hydrogen) atoms. The largest absolute Gasteiger partial charge is 0.329 e. The fraction of sp³-hybridized carbons (Fsp3) is 0.800. The van der Waals surface area contributed by atoms with Crippen LogP contribution in [0.3, 0.4) is 0 Å². The number of aryl methyl sites for hydroxylation is 1. The van der Waals surface area contributed by atoms with Gasteiger partial charge in [0, 0.05) is 19.1 Å². The van der Waals surface area contributed by atoms with Crippen molar-refractivity contribution in [2.75, 3.05) is 13.6 Å². The second kappa shape index (κ2) is 6.83. The predicted octanol–water partition coefficient (Wildman–Crippen LogP) is 0.807. The molecule has 1 unspecified atom stereocenters. The molecule has 1 aromatic rings. The summed E-state index contributed by atoms with van der Waals surface area (Å²) in [7, 11) is 2.06. The van der Waals surface area contributed by atoms with Crippen LogP contribution in [0.15, 0.2) is 0 Å². The monoisotopic (exact) mass is 247 g/mol. The molecule has 0 amide bonds. The van der Waals surface area contributed by atoms with Gasteiger partial charge in [0.05, 0.1) is 6.54 Å². The van der Waals surface area contributed by atoms with Gasteiger partial charge in [-0.1, -0.05) is 0 Å². The third-order valence-electron chi connectivity index (χ3n) is 2.81. The molecule has 94 valence electrons. The molecule has 0 fully saturated rings. The predicted molar refractivity (Wildman–Crippen MR) is 67.7 cm³/mol. The fourth-order valence-electron chi connectivity index (χ4n) is 1.51. The third-order valence-corrected chi connectivity index (χ3v) is 2.81. The minimum Gasteiger partial charge on any atom is -0.329 e. The van der Waals surface area contributed by atoms with Crippen LogP contribution in [-0.2, 0) is 13.1 Å². The molecule has 1 rings (SSSR count). The smallest absolute Gasteiger partial charge is 0.147 e. The first-order valence-corrected chi connectivity index (χ1v) is 5.39. The van der Waals surface area contributed by atoms with Gasteiger partial charge in [0.25, 0.3) is 0 Å². The third kappa shape index (κ3) is 3.43. The summed E-state index contributed by atoms with van der Waals surface area (Å²) in [6.07, 6.45) is 0. The summed E-state index contributed by atoms with van der Waals surface area (Å²) >= 11 is 0. The average Bonchev–Trinajstić information content (AvgIpc) is 2.57. The van der Waals surface area contributed by atoms with Crippen LogP contribution < -0.4 is 5.73 Å². The Morgan fingerprint density at radius 2 is 2.06 bits per heavy atom. The van der Waals surface area contributed by atoms with Crippen molar-refractivity contribution < 1.29 is 0 Å². The molecule has 0 spiro atoms. The summed E-state index contributed by atoms with van der Waals surface area (Å²) in [6, 6.07) is 0.368. The van der Waals surface area contributed by atoms with E-state index < -0.39 is 0 Å². The summed E-state index contributed by atoms with van der Waals surface area (Å²) in [6.45, 7) is 8.57. The molecule has 1 aromatic heterocycles. The maximum atomic E-state index is 5.62. The lowest BCUT2D eigenvalue weighted by Crippen LogP contribution is -2.35. The molecule has 0 radical (unpaired) electrons. The number of hydrogen-bond donors (Lipinski definition) is 1. The quantitative estimate of drug-likeness (QED) is 0.837. The molecule has 0 aliphatic rings. The van der Waals surface area contributed by atoms with Gasteiger partial charge >= 0.3 is 0 Å². The van der Waals surface area contributed by atoms with Crippen molar-refractivity contribution in [3.63, 3.8) is 0 Å². The first-order chi connectivity index (χ1) is 7.10. The van der Waals surface area contributed by atoms with Crippen LogP contribution in [-0.4, -0.2) is 39.3 Å². The van der Waals surface area contributed by atoms with Crippen LogP contribution in [0, 0.1) is 6.92 Å². The van der Waals surface area contributed by atoms with Crippen LogP contribution in [0.25, 0.3) is 0 Å². The van der Waals surface area contributed by atoms with E-state index in [-0.39, 0.29) is 12.4 Å². The van der Waals surface area contributed by atoms with E-state index in [1.165, 1.54) is 0 Å². The Hall–Kier alpha value is -0.650. The van der Waals surface area contributed by atoms with E-state index in [2.05, 4.69) is 40.6 Å². The van der Waals surface area contributed by atoms with Gasteiger partial charge in [-0.15, -0.1) is 22.6 Å². The average molecular weight is 248 g/mol. The number of hydrogen-bond acceptors (Lipinski definition) is 4. The number of likely N-dealkylation sites (N-methyl/N-ethyl adjacent to an activating group) is 1. The van der Waals surface area contributed by atoms with E-state index >= 15 is 0 Å². The van der Waals surface area contributed by atoms with E-state index in [0.717, 1.165) is 24.7 Å². The zero-order chi connectivity index (χ0) is 11.4. The van der Waals surface area contributed by atoms with Gasteiger partial charge < -0.3 is 10.3 Å². The highest BCUT2D eigenvalue weighted by Gasteiger charge is 2.12. The minimum absolute atomic E-state index is 0. The molecule has 1 heterocycles. The van der Waals surface area contributed by atoms with E-state index in [1.54, 1.807) is 0 Å². The van der Waals surface area contributed by atoms with Crippen LogP contribution in [0.1, 0.15) is 25.5 Å². The molecule has 2 N–H and O–H groups in total. The van der Waals surface area contributed by atoms with Gasteiger partial charge in [-0.05, 0) is 27.8 Å². The summed E-state index contributed by atoms with van der Waals surface area (Å²) in [5.41, 5.74) is 5.62. The fourth-order valence-corrected chi connectivity index (χ4v) is 1.51. The lowest BCUT2D eigenvalue weighted by Gasteiger charge is -2.22. The van der Waals surface area contributed by atoms with Gasteiger partial charge in [0.1, 0.15) is 11.6 Å². The summed E-state index contributed by atoms with van der Waals surface area (Å²) in [5.74, 6) is 1.99. The van der Waals surface area contributed by atoms with Crippen molar-refractivity contribution in [1.82, 2.24) is 19.7 Å². The minimum atomic E-state index is 0. The Balaban J connectivity index is 0.00000225. The van der Waals surface area contributed by atoms with Crippen molar-refractivity contribution in [3.05, 3.63) is 11.6 Å². The van der Waals surface area contributed by atoms with E-state index in [0.29, 0.717) is 12.6 Å². The van der Waals surface area contributed by atoms with E-state index in [1.807, 2.05) is 6.92 Å². The zero-order valence-corrected chi connectivity index (χ0v) is 11.3. The number of halogens is 1. The summed E-state index contributed by atoms with van der Waals surface area (Å²) < 4.78 is 2.12. The molecular formula is C10H22ClN5. The van der Waals surface area contributed by atoms with Crippen molar-refractivity contribution in [2.24, 2.45) is 5.73 Å². The van der Waals surface area contributed by atoms with Gasteiger partial charge in [-0.3, -0.25) is 4.90 Å². The maximum absolute atomic E-state index is 5.62. The van der Waals surface area contributed by atoms with Gasteiger partial charge in [0.15, 0.2) is 0 Å². The molecule has 0 aromatic carbocycles. The van der Waals surface area contributed by atoms with Gasteiger partial charge in [0.2, 0.25) is 0 Å². The second-order valence-corrected chi connectivity index (χ2v) is 3.91. The SMILES string of the molecule is CCn1c(C)nnc1CN(C)C(C)CN.Cl. The molecule has 0 saturated heterocycles. The van der Waals surface area contributed by atoms with Crippen LogP contribution >= 0.6 is 12.4 Å². The van der Waals surface area contributed by atoms with Crippen molar-refractivity contribution in [2.45, 2.75) is 39.9 Å². The van der Waals surface area contributed by atoms with Crippen molar-refractivity contribution in [1.29, 1.82) is 0 Å². The molecular weight excluding hydrogens is 226 g/mol. The zero-order valence-electron chi connectivity index (χ0n) is 10.5. The summed E-state index contributed by atoms with van der Waals surface area (Å²) in [4.78, 5) is 2.19. The van der Waals surface area contributed by atoms with Gasteiger partial charge in [-0.25, -0.2) is 0 Å². The Labute approximate surface area is 103 Å². The first kappa shape index (κ1) is 15.3. The molecule has 5 nitrogen and oxygen atoms in total. The Morgan fingerprint density at radius 3 is 2.56 bits per heavy atom. The first-order valence-electron chi connectivity index (χ1n) is 5.39. The number of rotatable bonds is 5. The van der Waals surface area contributed by atoms with Crippen LogP contribution in [0.2, 0.25) is 0 Å². The number of nitrogens with zero attached hydrogens (tertiary/aromatic N) is 4. The standard InChI is InChI=1S/C10H21N5.ClH/c1-5-15-9(3)12-13-10(15)7-14(4)8(2)6-11;/h8H,5-7,11H2,1-4H3;1H. The topological polar surface area (TPSA) is 60.0 Å². The molecule has 1 atom stereocenters. The molecule has 0 saturated carbocycles. The summed E-state index contributed by atoms with van der Waals surface area (Å²) in [5, 5.41) is 8.25. The normalized spacial score (nSPS) is 12.6. The lowest BCUT2D eigenvalue weighted by atomic mass is 10.3. The second-order valence-electron chi connectivity index (χ2n) is 3.91. The van der Waals surface area contributed by atoms with E-state index in [4.69, 9.17) is 5.73 Å². The number of nitrogens with two attached hydrogens (primary N) is 1.